The third-order valence-electron chi connectivity index (χ3n) is 3.66. The number of benzene rings is 1. The van der Waals surface area contributed by atoms with Crippen molar-refractivity contribution >= 4 is 5.69 Å². The molecule has 1 atom stereocenters. The average molecular weight is 236 g/mol. The van der Waals surface area contributed by atoms with E-state index in [-0.39, 0.29) is 5.82 Å². The van der Waals surface area contributed by atoms with Crippen LogP contribution >= 0.6 is 0 Å². The Bertz CT molecular complexity index is 378. The number of nitrogens with two attached hydrogens (primary N) is 1. The Kier molecular flexibility index (Phi) is 4.00. The molecule has 2 nitrogen and oxygen atoms in total. The molecule has 0 aromatic heterocycles. The predicted octanol–water partition coefficient (Wildman–Crippen LogP) is 2.56. The SMILES string of the molecule is CCC1CCN(c2ccc(F)cc2CCN)C1. The second-order valence-electron chi connectivity index (χ2n) is 4.82. The molecule has 94 valence electrons. The molecule has 2 rings (SSSR count). The summed E-state index contributed by atoms with van der Waals surface area (Å²) in [5, 5.41) is 0. The molecule has 0 aliphatic carbocycles. The Hall–Kier alpha value is -1.09. The molecule has 1 saturated heterocycles. The van der Waals surface area contributed by atoms with Crippen LogP contribution < -0.4 is 10.6 Å². The van der Waals surface area contributed by atoms with Crippen molar-refractivity contribution in [2.75, 3.05) is 24.5 Å². The zero-order valence-electron chi connectivity index (χ0n) is 10.5. The van der Waals surface area contributed by atoms with Crippen LogP contribution in [0.4, 0.5) is 10.1 Å². The average Bonchev–Trinajstić information content (AvgIpc) is 2.78. The van der Waals surface area contributed by atoms with Crippen molar-refractivity contribution in [3.63, 3.8) is 0 Å². The fourth-order valence-corrected chi connectivity index (χ4v) is 2.60. The Morgan fingerprint density at radius 2 is 2.29 bits per heavy atom. The first-order chi connectivity index (χ1) is 8.24. The van der Waals surface area contributed by atoms with Crippen LogP contribution in [-0.2, 0) is 6.42 Å². The van der Waals surface area contributed by atoms with Crippen molar-refractivity contribution in [2.45, 2.75) is 26.2 Å². The molecule has 17 heavy (non-hydrogen) atoms. The van der Waals surface area contributed by atoms with Crippen molar-refractivity contribution in [1.82, 2.24) is 0 Å². The van der Waals surface area contributed by atoms with E-state index in [1.54, 1.807) is 12.1 Å². The minimum Gasteiger partial charge on any atom is -0.371 e. The zero-order chi connectivity index (χ0) is 12.3. The molecule has 0 radical (unpaired) electrons. The standard InChI is InChI=1S/C14H21FN2/c1-2-11-6-8-17(10-11)14-4-3-13(15)9-12(14)5-7-16/h3-4,9,11H,2,5-8,10,16H2,1H3. The van der Waals surface area contributed by atoms with Gasteiger partial charge >= 0.3 is 0 Å². The largest absolute Gasteiger partial charge is 0.371 e. The molecular formula is C14H21FN2. The van der Waals surface area contributed by atoms with Gasteiger partial charge in [-0.2, -0.15) is 0 Å². The number of anilines is 1. The molecular weight excluding hydrogens is 215 g/mol. The molecule has 2 N–H and O–H groups in total. The quantitative estimate of drug-likeness (QED) is 0.870. The van der Waals surface area contributed by atoms with Gasteiger partial charge in [-0.05, 0) is 49.1 Å². The maximum absolute atomic E-state index is 13.2. The van der Waals surface area contributed by atoms with E-state index in [1.165, 1.54) is 18.5 Å². The van der Waals surface area contributed by atoms with Gasteiger partial charge < -0.3 is 10.6 Å². The van der Waals surface area contributed by atoms with Crippen LogP contribution in [0.15, 0.2) is 18.2 Å². The van der Waals surface area contributed by atoms with Crippen LogP contribution in [0.25, 0.3) is 0 Å². The van der Waals surface area contributed by atoms with Crippen LogP contribution in [0.5, 0.6) is 0 Å². The second-order valence-corrected chi connectivity index (χ2v) is 4.82. The first-order valence-electron chi connectivity index (χ1n) is 6.48. The number of halogens is 1. The summed E-state index contributed by atoms with van der Waals surface area (Å²) >= 11 is 0. The van der Waals surface area contributed by atoms with E-state index in [0.29, 0.717) is 6.54 Å². The van der Waals surface area contributed by atoms with E-state index in [0.717, 1.165) is 31.0 Å². The highest BCUT2D eigenvalue weighted by molar-refractivity contribution is 5.54. The van der Waals surface area contributed by atoms with Gasteiger partial charge in [-0.15, -0.1) is 0 Å². The van der Waals surface area contributed by atoms with Crippen molar-refractivity contribution in [2.24, 2.45) is 11.7 Å². The Balaban J connectivity index is 2.19. The molecule has 1 aliphatic heterocycles. The Labute approximate surface area is 103 Å². The first kappa shape index (κ1) is 12.4. The highest BCUT2D eigenvalue weighted by Gasteiger charge is 2.22. The van der Waals surface area contributed by atoms with Crippen molar-refractivity contribution < 1.29 is 4.39 Å². The lowest BCUT2D eigenvalue weighted by Gasteiger charge is -2.22. The number of hydrogen-bond acceptors (Lipinski definition) is 2. The van der Waals surface area contributed by atoms with Gasteiger partial charge in [-0.25, -0.2) is 4.39 Å². The second kappa shape index (κ2) is 5.50. The van der Waals surface area contributed by atoms with E-state index in [1.807, 2.05) is 6.07 Å². The summed E-state index contributed by atoms with van der Waals surface area (Å²) in [5.41, 5.74) is 7.81. The van der Waals surface area contributed by atoms with Crippen LogP contribution in [0.1, 0.15) is 25.3 Å². The number of hydrogen-bond donors (Lipinski definition) is 1. The number of nitrogens with zero attached hydrogens (tertiary/aromatic N) is 1. The fraction of sp³-hybridized carbons (Fsp3) is 0.571. The van der Waals surface area contributed by atoms with Crippen LogP contribution in [0, 0.1) is 11.7 Å². The summed E-state index contributed by atoms with van der Waals surface area (Å²) in [6, 6.07) is 5.08. The van der Waals surface area contributed by atoms with E-state index in [2.05, 4.69) is 11.8 Å². The zero-order valence-corrected chi connectivity index (χ0v) is 10.5. The van der Waals surface area contributed by atoms with Gasteiger partial charge in [0.05, 0.1) is 0 Å². The molecule has 1 fully saturated rings. The van der Waals surface area contributed by atoms with Crippen LogP contribution in [0.3, 0.4) is 0 Å². The highest BCUT2D eigenvalue weighted by Crippen LogP contribution is 2.29. The minimum atomic E-state index is -0.163. The summed E-state index contributed by atoms with van der Waals surface area (Å²) in [6.07, 6.45) is 3.22. The van der Waals surface area contributed by atoms with Crippen molar-refractivity contribution in [3.05, 3.63) is 29.6 Å². The lowest BCUT2D eigenvalue weighted by atomic mass is 10.1. The lowest BCUT2D eigenvalue weighted by Crippen LogP contribution is -2.21. The lowest BCUT2D eigenvalue weighted by molar-refractivity contribution is 0.569. The van der Waals surface area contributed by atoms with Gasteiger partial charge in [-0.1, -0.05) is 13.3 Å². The minimum absolute atomic E-state index is 0.163. The van der Waals surface area contributed by atoms with Crippen molar-refractivity contribution in [1.29, 1.82) is 0 Å². The molecule has 0 spiro atoms. The molecule has 1 aromatic carbocycles. The summed E-state index contributed by atoms with van der Waals surface area (Å²) < 4.78 is 13.2. The van der Waals surface area contributed by atoms with Crippen molar-refractivity contribution in [3.8, 4) is 0 Å². The molecule has 0 amide bonds. The predicted molar refractivity (Wildman–Crippen MR) is 69.8 cm³/mol. The van der Waals surface area contributed by atoms with E-state index < -0.39 is 0 Å². The summed E-state index contributed by atoms with van der Waals surface area (Å²) in [7, 11) is 0. The number of rotatable bonds is 4. The third kappa shape index (κ3) is 2.78. The normalized spacial score (nSPS) is 19.9. The summed E-state index contributed by atoms with van der Waals surface area (Å²) in [5.74, 6) is 0.620. The smallest absolute Gasteiger partial charge is 0.123 e. The molecule has 0 bridgehead atoms. The van der Waals surface area contributed by atoms with Gasteiger partial charge in [0.15, 0.2) is 0 Å². The molecule has 1 heterocycles. The summed E-state index contributed by atoms with van der Waals surface area (Å²) in [4.78, 5) is 2.37. The molecule has 1 unspecified atom stereocenters. The molecule has 3 heteroatoms. The maximum atomic E-state index is 13.2. The van der Waals surface area contributed by atoms with E-state index >= 15 is 0 Å². The van der Waals surface area contributed by atoms with E-state index in [9.17, 15) is 4.39 Å². The van der Waals surface area contributed by atoms with Crippen LogP contribution in [-0.4, -0.2) is 19.6 Å². The monoisotopic (exact) mass is 236 g/mol. The van der Waals surface area contributed by atoms with Gasteiger partial charge in [-0.3, -0.25) is 0 Å². The molecule has 0 saturated carbocycles. The Morgan fingerprint density at radius 3 is 2.94 bits per heavy atom. The Morgan fingerprint density at radius 1 is 1.47 bits per heavy atom. The third-order valence-corrected chi connectivity index (χ3v) is 3.66. The first-order valence-corrected chi connectivity index (χ1v) is 6.48. The van der Waals surface area contributed by atoms with Gasteiger partial charge in [0.1, 0.15) is 5.82 Å². The molecule has 1 aromatic rings. The van der Waals surface area contributed by atoms with Gasteiger partial charge in [0, 0.05) is 18.8 Å². The van der Waals surface area contributed by atoms with Gasteiger partial charge in [0.25, 0.3) is 0 Å². The summed E-state index contributed by atoms with van der Waals surface area (Å²) in [6.45, 7) is 4.99. The molecule has 1 aliphatic rings. The highest BCUT2D eigenvalue weighted by atomic mass is 19.1. The maximum Gasteiger partial charge on any atom is 0.123 e. The van der Waals surface area contributed by atoms with Crippen LogP contribution in [0.2, 0.25) is 0 Å². The van der Waals surface area contributed by atoms with E-state index in [4.69, 9.17) is 5.73 Å². The topological polar surface area (TPSA) is 29.3 Å². The fourth-order valence-electron chi connectivity index (χ4n) is 2.60. The van der Waals surface area contributed by atoms with Gasteiger partial charge in [0.2, 0.25) is 0 Å².